The van der Waals surface area contributed by atoms with E-state index in [9.17, 15) is 4.79 Å². The molecule has 1 aliphatic rings. The molecule has 0 bridgehead atoms. The molecule has 0 aromatic carbocycles. The standard InChI is InChI=1S/C18H32N4O4/c1-13(25-11-10-24-7)15-20-19-14-12-18(5,6)22(9-8-21(14)15)16(23)26-17(2,3)4/h13H,8-12H2,1-7H3/t13-/m0/s1. The highest BCUT2D eigenvalue weighted by atomic mass is 16.6. The van der Waals surface area contributed by atoms with Crippen LogP contribution in [0.1, 0.15) is 59.3 Å². The maximum Gasteiger partial charge on any atom is 0.410 e. The molecule has 1 aliphatic heterocycles. The third-order valence-electron chi connectivity index (χ3n) is 4.36. The molecule has 1 atom stereocenters. The van der Waals surface area contributed by atoms with Gasteiger partial charge in [-0.25, -0.2) is 4.79 Å². The first kappa shape index (κ1) is 20.6. The van der Waals surface area contributed by atoms with Gasteiger partial charge in [0.2, 0.25) is 0 Å². The maximum atomic E-state index is 12.7. The van der Waals surface area contributed by atoms with Crippen molar-refractivity contribution in [2.24, 2.45) is 0 Å². The van der Waals surface area contributed by atoms with E-state index in [1.807, 2.05) is 41.5 Å². The summed E-state index contributed by atoms with van der Waals surface area (Å²) < 4.78 is 18.4. The second-order valence-corrected chi connectivity index (χ2v) is 8.25. The van der Waals surface area contributed by atoms with Crippen LogP contribution in [-0.4, -0.2) is 63.8 Å². The van der Waals surface area contributed by atoms with Gasteiger partial charge in [0.25, 0.3) is 0 Å². The Kier molecular flexibility index (Phi) is 6.29. The van der Waals surface area contributed by atoms with Gasteiger partial charge in [0.05, 0.1) is 13.2 Å². The number of carbonyl (C=O) groups excluding carboxylic acids is 1. The number of aromatic nitrogens is 3. The molecule has 2 heterocycles. The lowest BCUT2D eigenvalue weighted by Gasteiger charge is -2.37. The van der Waals surface area contributed by atoms with E-state index in [1.165, 1.54) is 0 Å². The summed E-state index contributed by atoms with van der Waals surface area (Å²) >= 11 is 0. The van der Waals surface area contributed by atoms with Crippen LogP contribution in [0.15, 0.2) is 0 Å². The Morgan fingerprint density at radius 3 is 2.54 bits per heavy atom. The Morgan fingerprint density at radius 1 is 1.23 bits per heavy atom. The lowest BCUT2D eigenvalue weighted by Crippen LogP contribution is -2.50. The normalized spacial score (nSPS) is 18.2. The monoisotopic (exact) mass is 368 g/mol. The van der Waals surface area contributed by atoms with E-state index in [0.29, 0.717) is 32.7 Å². The van der Waals surface area contributed by atoms with Crippen LogP contribution in [0.2, 0.25) is 0 Å². The first-order chi connectivity index (χ1) is 12.0. The van der Waals surface area contributed by atoms with Gasteiger partial charge in [-0.15, -0.1) is 10.2 Å². The molecule has 0 radical (unpaired) electrons. The molecule has 0 saturated heterocycles. The fraction of sp³-hybridized carbons (Fsp3) is 0.833. The highest BCUT2D eigenvalue weighted by Crippen LogP contribution is 2.27. The molecule has 148 valence electrons. The average Bonchev–Trinajstić information content (AvgIpc) is 2.81. The van der Waals surface area contributed by atoms with Crippen molar-refractivity contribution in [3.8, 4) is 0 Å². The van der Waals surface area contributed by atoms with Gasteiger partial charge in [-0.3, -0.25) is 0 Å². The van der Waals surface area contributed by atoms with Crippen LogP contribution in [0.5, 0.6) is 0 Å². The summed E-state index contributed by atoms with van der Waals surface area (Å²) in [4.78, 5) is 14.5. The van der Waals surface area contributed by atoms with Gasteiger partial charge in [-0.2, -0.15) is 0 Å². The Morgan fingerprint density at radius 2 is 1.92 bits per heavy atom. The number of methoxy groups -OCH3 is 1. The molecular formula is C18H32N4O4. The zero-order valence-electron chi connectivity index (χ0n) is 17.0. The van der Waals surface area contributed by atoms with Crippen molar-refractivity contribution in [1.29, 1.82) is 0 Å². The van der Waals surface area contributed by atoms with Crippen molar-refractivity contribution in [3.05, 3.63) is 11.6 Å². The number of nitrogens with zero attached hydrogens (tertiary/aromatic N) is 4. The highest BCUT2D eigenvalue weighted by Gasteiger charge is 2.38. The van der Waals surface area contributed by atoms with Crippen LogP contribution in [-0.2, 0) is 27.2 Å². The molecule has 8 nitrogen and oxygen atoms in total. The molecule has 0 saturated carbocycles. The number of rotatable bonds is 5. The molecule has 2 rings (SSSR count). The lowest BCUT2D eigenvalue weighted by atomic mass is 9.98. The van der Waals surface area contributed by atoms with E-state index < -0.39 is 11.1 Å². The fourth-order valence-corrected chi connectivity index (χ4v) is 3.05. The summed E-state index contributed by atoms with van der Waals surface area (Å²) in [7, 11) is 1.64. The summed E-state index contributed by atoms with van der Waals surface area (Å²) in [6, 6.07) is 0. The minimum Gasteiger partial charge on any atom is -0.444 e. The van der Waals surface area contributed by atoms with E-state index in [0.717, 1.165) is 11.6 Å². The molecule has 0 fully saturated rings. The maximum absolute atomic E-state index is 12.7. The second kappa shape index (κ2) is 7.92. The predicted octanol–water partition coefficient (Wildman–Crippen LogP) is 2.57. The Balaban J connectivity index is 2.17. The van der Waals surface area contributed by atoms with E-state index >= 15 is 0 Å². The molecular weight excluding hydrogens is 336 g/mol. The molecule has 1 aromatic heterocycles. The number of hydrogen-bond acceptors (Lipinski definition) is 6. The van der Waals surface area contributed by atoms with E-state index in [4.69, 9.17) is 14.2 Å². The summed E-state index contributed by atoms with van der Waals surface area (Å²) in [5, 5.41) is 8.68. The minimum atomic E-state index is -0.524. The average molecular weight is 368 g/mol. The number of carbonyl (C=O) groups is 1. The van der Waals surface area contributed by atoms with E-state index in [2.05, 4.69) is 14.8 Å². The van der Waals surface area contributed by atoms with Crippen molar-refractivity contribution in [3.63, 3.8) is 0 Å². The summed E-state index contributed by atoms with van der Waals surface area (Å²) in [5.74, 6) is 1.64. The summed E-state index contributed by atoms with van der Waals surface area (Å²) in [6.07, 6.45) is 0.110. The Hall–Kier alpha value is -1.67. The van der Waals surface area contributed by atoms with Crippen molar-refractivity contribution >= 4 is 6.09 Å². The van der Waals surface area contributed by atoms with Crippen LogP contribution < -0.4 is 0 Å². The Bertz CT molecular complexity index is 621. The van der Waals surface area contributed by atoms with Crippen LogP contribution in [0.4, 0.5) is 4.79 Å². The van der Waals surface area contributed by atoms with Crippen LogP contribution in [0.3, 0.4) is 0 Å². The minimum absolute atomic E-state index is 0.192. The van der Waals surface area contributed by atoms with Crippen LogP contribution in [0, 0.1) is 0 Å². The first-order valence-corrected chi connectivity index (χ1v) is 9.08. The lowest BCUT2D eigenvalue weighted by molar-refractivity contribution is 0.00365. The number of amides is 1. The topological polar surface area (TPSA) is 78.7 Å². The summed E-state index contributed by atoms with van der Waals surface area (Å²) in [6.45, 7) is 13.8. The van der Waals surface area contributed by atoms with E-state index in [-0.39, 0.29) is 12.2 Å². The van der Waals surface area contributed by atoms with Gasteiger partial charge in [-0.1, -0.05) is 0 Å². The molecule has 0 aliphatic carbocycles. The molecule has 0 N–H and O–H groups in total. The zero-order chi connectivity index (χ0) is 19.5. The van der Waals surface area contributed by atoms with Crippen LogP contribution >= 0.6 is 0 Å². The highest BCUT2D eigenvalue weighted by molar-refractivity contribution is 5.69. The van der Waals surface area contributed by atoms with Crippen LogP contribution in [0.25, 0.3) is 0 Å². The molecule has 1 amide bonds. The van der Waals surface area contributed by atoms with Gasteiger partial charge in [0, 0.05) is 32.2 Å². The van der Waals surface area contributed by atoms with Gasteiger partial charge >= 0.3 is 6.09 Å². The van der Waals surface area contributed by atoms with Crippen molar-refractivity contribution in [2.45, 2.75) is 71.8 Å². The second-order valence-electron chi connectivity index (χ2n) is 8.25. The van der Waals surface area contributed by atoms with Gasteiger partial charge < -0.3 is 23.7 Å². The molecule has 8 heteroatoms. The van der Waals surface area contributed by atoms with E-state index in [1.54, 1.807) is 12.0 Å². The van der Waals surface area contributed by atoms with Crippen molar-refractivity contribution in [1.82, 2.24) is 19.7 Å². The van der Waals surface area contributed by atoms with Gasteiger partial charge in [0.15, 0.2) is 5.82 Å². The van der Waals surface area contributed by atoms with Crippen molar-refractivity contribution in [2.75, 3.05) is 26.9 Å². The van der Waals surface area contributed by atoms with Gasteiger partial charge in [-0.05, 0) is 41.5 Å². The molecule has 26 heavy (non-hydrogen) atoms. The largest absolute Gasteiger partial charge is 0.444 e. The third kappa shape index (κ3) is 4.94. The quantitative estimate of drug-likeness (QED) is 0.743. The number of ether oxygens (including phenoxy) is 3. The first-order valence-electron chi connectivity index (χ1n) is 9.08. The fourth-order valence-electron chi connectivity index (χ4n) is 3.05. The molecule has 0 unspecified atom stereocenters. The van der Waals surface area contributed by atoms with Crippen molar-refractivity contribution < 1.29 is 19.0 Å². The predicted molar refractivity (Wildman–Crippen MR) is 97.0 cm³/mol. The number of fused-ring (bicyclic) bond motifs is 1. The summed E-state index contributed by atoms with van der Waals surface area (Å²) in [5.41, 5.74) is -0.940. The Labute approximate surface area is 155 Å². The number of hydrogen-bond donors (Lipinski definition) is 0. The smallest absolute Gasteiger partial charge is 0.410 e. The third-order valence-corrected chi connectivity index (χ3v) is 4.36. The molecule has 0 spiro atoms. The molecule has 1 aromatic rings. The zero-order valence-corrected chi connectivity index (χ0v) is 17.0. The SMILES string of the molecule is COCCO[C@@H](C)c1nnc2n1CCN(C(=O)OC(C)(C)C)C(C)(C)C2. The van der Waals surface area contributed by atoms with Gasteiger partial charge in [0.1, 0.15) is 17.5 Å².